The Morgan fingerprint density at radius 1 is 0.683 bits per heavy atom. The van der Waals surface area contributed by atoms with E-state index in [1.807, 2.05) is 0 Å². The minimum absolute atomic E-state index is 0.0873. The zero-order valence-corrected chi connectivity index (χ0v) is 26.9. The van der Waals surface area contributed by atoms with Crippen molar-refractivity contribution in [1.82, 2.24) is 0 Å². The molecule has 0 unspecified atom stereocenters. The van der Waals surface area contributed by atoms with E-state index in [1.54, 1.807) is 0 Å². The first-order chi connectivity index (χ1) is 19.2. The molecule has 0 N–H and O–H groups in total. The maximum Gasteiger partial charge on any atom is 0.494 e. The van der Waals surface area contributed by atoms with Crippen LogP contribution in [0.15, 0.2) is 61.7 Å². The van der Waals surface area contributed by atoms with Crippen molar-refractivity contribution in [3.05, 3.63) is 72.8 Å². The standard InChI is InChI=1S/C36H50B2O3/c1-11-13-15-21-36(22-16-14-12-2)30-23-26(37-25-32(3,4)33(5,6)39-37)17-19-28(30)29-20-18-27(24-31(29)36)38-40-34(7,8)35(9,10)41-38/h11-12,17-20,23-24H,1-2,13-16,21-22,25H2,3-10H3. The van der Waals surface area contributed by atoms with Gasteiger partial charge >= 0.3 is 14.0 Å². The first-order valence-electron chi connectivity index (χ1n) is 15.7. The SMILES string of the molecule is C=CCCCC1(CCCC=C)c2cc(B3CC(C)(C)C(C)(C)O3)ccc2-c2ccc(B3OC(C)(C)C(C)(C)O3)cc21. The van der Waals surface area contributed by atoms with E-state index in [4.69, 9.17) is 14.0 Å². The molecule has 2 heterocycles. The second-order valence-corrected chi connectivity index (χ2v) is 14.8. The molecule has 0 radical (unpaired) electrons. The highest BCUT2D eigenvalue weighted by molar-refractivity contribution is 6.68. The van der Waals surface area contributed by atoms with Crippen LogP contribution in [0.2, 0.25) is 6.32 Å². The molecule has 41 heavy (non-hydrogen) atoms. The summed E-state index contributed by atoms with van der Waals surface area (Å²) in [6, 6.07) is 14.1. The quantitative estimate of drug-likeness (QED) is 0.170. The Kier molecular flexibility index (Phi) is 7.84. The summed E-state index contributed by atoms with van der Waals surface area (Å²) in [6.45, 7) is 25.8. The molecule has 0 aromatic heterocycles. The van der Waals surface area contributed by atoms with Crippen molar-refractivity contribution in [1.29, 1.82) is 0 Å². The van der Waals surface area contributed by atoms with Crippen LogP contribution in [0.4, 0.5) is 0 Å². The van der Waals surface area contributed by atoms with Crippen LogP contribution in [0.5, 0.6) is 0 Å². The van der Waals surface area contributed by atoms with E-state index in [2.05, 4.69) is 117 Å². The summed E-state index contributed by atoms with van der Waals surface area (Å²) in [7, 11) is -0.375. The summed E-state index contributed by atoms with van der Waals surface area (Å²) in [5.74, 6) is 0. The summed E-state index contributed by atoms with van der Waals surface area (Å²) in [4.78, 5) is 0. The summed E-state index contributed by atoms with van der Waals surface area (Å²) >= 11 is 0. The fraction of sp³-hybridized carbons (Fsp3) is 0.556. The third-order valence-corrected chi connectivity index (χ3v) is 11.1. The van der Waals surface area contributed by atoms with Crippen molar-refractivity contribution in [2.24, 2.45) is 5.41 Å². The van der Waals surface area contributed by atoms with Gasteiger partial charge in [0, 0.05) is 5.41 Å². The van der Waals surface area contributed by atoms with Gasteiger partial charge in [0.15, 0.2) is 0 Å². The van der Waals surface area contributed by atoms with Crippen LogP contribution >= 0.6 is 0 Å². The van der Waals surface area contributed by atoms with Gasteiger partial charge in [0.2, 0.25) is 0 Å². The average molecular weight is 552 g/mol. The molecule has 0 atom stereocenters. The van der Waals surface area contributed by atoms with E-state index in [9.17, 15) is 0 Å². The van der Waals surface area contributed by atoms with Crippen LogP contribution in [0.25, 0.3) is 11.1 Å². The molecule has 3 nitrogen and oxygen atoms in total. The topological polar surface area (TPSA) is 27.7 Å². The summed E-state index contributed by atoms with van der Waals surface area (Å²) in [5, 5.41) is 0. The Labute approximate surface area is 250 Å². The molecule has 0 amide bonds. The van der Waals surface area contributed by atoms with Gasteiger partial charge in [-0.05, 0) is 125 Å². The van der Waals surface area contributed by atoms with Gasteiger partial charge in [0.25, 0.3) is 0 Å². The minimum atomic E-state index is -0.375. The van der Waals surface area contributed by atoms with Crippen molar-refractivity contribution < 1.29 is 14.0 Å². The van der Waals surface area contributed by atoms with Crippen LogP contribution in [-0.4, -0.2) is 30.8 Å². The van der Waals surface area contributed by atoms with Gasteiger partial charge in [0.1, 0.15) is 0 Å². The van der Waals surface area contributed by atoms with Gasteiger partial charge in [-0.3, -0.25) is 0 Å². The van der Waals surface area contributed by atoms with Crippen LogP contribution < -0.4 is 10.9 Å². The molecular formula is C36H50B2O3. The lowest BCUT2D eigenvalue weighted by Gasteiger charge is -2.34. The fourth-order valence-electron chi connectivity index (χ4n) is 7.07. The van der Waals surface area contributed by atoms with Crippen molar-refractivity contribution in [2.75, 3.05) is 0 Å². The van der Waals surface area contributed by atoms with E-state index in [0.717, 1.165) is 50.3 Å². The Balaban J connectivity index is 1.62. The highest BCUT2D eigenvalue weighted by atomic mass is 16.7. The number of unbranched alkanes of at least 4 members (excludes halogenated alkanes) is 2. The molecular weight excluding hydrogens is 502 g/mol. The zero-order chi connectivity index (χ0) is 29.8. The molecule has 218 valence electrons. The van der Waals surface area contributed by atoms with Crippen LogP contribution in [0.3, 0.4) is 0 Å². The Morgan fingerprint density at radius 2 is 1.17 bits per heavy atom. The summed E-state index contributed by atoms with van der Waals surface area (Å²) in [6.07, 6.45) is 11.5. The number of hydrogen-bond donors (Lipinski definition) is 0. The van der Waals surface area contributed by atoms with Crippen molar-refractivity contribution >= 4 is 25.0 Å². The van der Waals surface area contributed by atoms with E-state index < -0.39 is 0 Å². The molecule has 3 aliphatic rings. The van der Waals surface area contributed by atoms with Crippen LogP contribution in [-0.2, 0) is 19.4 Å². The van der Waals surface area contributed by atoms with E-state index in [-0.39, 0.29) is 41.7 Å². The van der Waals surface area contributed by atoms with Gasteiger partial charge in [-0.2, -0.15) is 0 Å². The van der Waals surface area contributed by atoms with E-state index in [0.29, 0.717) is 0 Å². The van der Waals surface area contributed by atoms with Gasteiger partial charge < -0.3 is 14.0 Å². The lowest BCUT2D eigenvalue weighted by molar-refractivity contribution is 0.00578. The maximum absolute atomic E-state index is 6.72. The van der Waals surface area contributed by atoms with Crippen LogP contribution in [0.1, 0.15) is 105 Å². The number of fused-ring (bicyclic) bond motifs is 3. The van der Waals surface area contributed by atoms with Gasteiger partial charge in [-0.25, -0.2) is 0 Å². The van der Waals surface area contributed by atoms with Crippen LogP contribution in [0, 0.1) is 5.41 Å². The molecule has 2 aromatic rings. The lowest BCUT2D eigenvalue weighted by Crippen LogP contribution is -2.41. The second kappa shape index (κ2) is 10.6. The van der Waals surface area contributed by atoms with E-state index in [1.165, 1.54) is 27.7 Å². The Hall–Kier alpha value is -2.07. The molecule has 1 aliphatic carbocycles. The highest BCUT2D eigenvalue weighted by Crippen LogP contribution is 2.54. The summed E-state index contributed by atoms with van der Waals surface area (Å²) < 4.78 is 19.7. The Morgan fingerprint density at radius 3 is 1.63 bits per heavy atom. The largest absolute Gasteiger partial charge is 0.494 e. The number of hydrogen-bond acceptors (Lipinski definition) is 3. The molecule has 2 fully saturated rings. The fourth-order valence-corrected chi connectivity index (χ4v) is 7.07. The van der Waals surface area contributed by atoms with Crippen molar-refractivity contribution in [2.45, 2.75) is 122 Å². The maximum atomic E-state index is 6.72. The first kappa shape index (κ1) is 30.4. The minimum Gasteiger partial charge on any atom is -0.426 e. The zero-order valence-electron chi connectivity index (χ0n) is 26.9. The molecule has 5 heteroatoms. The molecule has 0 spiro atoms. The molecule has 2 saturated heterocycles. The molecule has 5 rings (SSSR count). The number of allylic oxidation sites excluding steroid dienone is 2. The molecule has 0 bridgehead atoms. The molecule has 2 aromatic carbocycles. The number of benzene rings is 2. The molecule has 0 saturated carbocycles. The third-order valence-electron chi connectivity index (χ3n) is 11.1. The van der Waals surface area contributed by atoms with Crippen molar-refractivity contribution in [3.63, 3.8) is 0 Å². The second-order valence-electron chi connectivity index (χ2n) is 14.8. The normalized spacial score (nSPS) is 22.4. The molecule has 2 aliphatic heterocycles. The predicted octanol–water partition coefficient (Wildman–Crippen LogP) is 8.00. The van der Waals surface area contributed by atoms with Crippen molar-refractivity contribution in [3.8, 4) is 11.1 Å². The first-order valence-corrected chi connectivity index (χ1v) is 15.7. The monoisotopic (exact) mass is 552 g/mol. The average Bonchev–Trinajstić information content (AvgIpc) is 3.39. The van der Waals surface area contributed by atoms with Gasteiger partial charge in [-0.15, -0.1) is 13.2 Å². The smallest absolute Gasteiger partial charge is 0.426 e. The predicted molar refractivity (Wildman–Crippen MR) is 176 cm³/mol. The summed E-state index contributed by atoms with van der Waals surface area (Å²) in [5.41, 5.74) is 7.10. The highest BCUT2D eigenvalue weighted by Gasteiger charge is 2.53. The van der Waals surface area contributed by atoms with Gasteiger partial charge in [-0.1, -0.05) is 62.4 Å². The van der Waals surface area contributed by atoms with E-state index >= 15 is 0 Å². The third kappa shape index (κ3) is 5.11. The lowest BCUT2D eigenvalue weighted by atomic mass is 9.53. The Bertz CT molecular complexity index is 1190. The number of rotatable bonds is 10. The van der Waals surface area contributed by atoms with Gasteiger partial charge in [0.05, 0.1) is 16.8 Å².